The topological polar surface area (TPSA) is 87.4 Å². The van der Waals surface area contributed by atoms with Crippen LogP contribution in [0.25, 0.3) is 10.2 Å². The number of aromatic nitrogens is 1. The summed E-state index contributed by atoms with van der Waals surface area (Å²) in [6.07, 6.45) is 1.41. The van der Waals surface area contributed by atoms with Gasteiger partial charge in [-0.05, 0) is 42.5 Å². The summed E-state index contributed by atoms with van der Waals surface area (Å²) in [5.41, 5.74) is 0.737. The number of furan rings is 1. The van der Waals surface area contributed by atoms with Crippen molar-refractivity contribution in [1.29, 1.82) is 0 Å². The number of nitrogens with one attached hydrogen (secondary N) is 2. The summed E-state index contributed by atoms with van der Waals surface area (Å²) < 4.78 is 5.78. The zero-order chi connectivity index (χ0) is 14.8. The van der Waals surface area contributed by atoms with E-state index in [-0.39, 0.29) is 16.6 Å². The smallest absolute Gasteiger partial charge is 0.293 e. The van der Waals surface area contributed by atoms with Gasteiger partial charge in [0.25, 0.3) is 5.91 Å². The van der Waals surface area contributed by atoms with Crippen LogP contribution in [0.15, 0.2) is 41.0 Å². The third-order valence-electron chi connectivity index (χ3n) is 2.56. The summed E-state index contributed by atoms with van der Waals surface area (Å²) in [7, 11) is 0. The Morgan fingerprint density at radius 1 is 1.38 bits per heavy atom. The highest BCUT2D eigenvalue weighted by atomic mass is 32.1. The number of amides is 1. The number of anilines is 1. The fourth-order valence-corrected chi connectivity index (χ4v) is 2.82. The molecule has 1 aromatic carbocycles. The van der Waals surface area contributed by atoms with Crippen LogP contribution >= 0.6 is 23.6 Å². The number of rotatable bonds is 2. The molecule has 8 heteroatoms. The van der Waals surface area contributed by atoms with E-state index in [0.717, 1.165) is 10.2 Å². The number of thiazole rings is 1. The van der Waals surface area contributed by atoms with Crippen molar-refractivity contribution in [3.8, 4) is 5.75 Å². The van der Waals surface area contributed by atoms with E-state index in [2.05, 4.69) is 15.6 Å². The van der Waals surface area contributed by atoms with E-state index >= 15 is 0 Å². The molecule has 0 fully saturated rings. The van der Waals surface area contributed by atoms with Crippen molar-refractivity contribution in [2.24, 2.45) is 0 Å². The molecule has 0 aliphatic carbocycles. The minimum atomic E-state index is -0.434. The van der Waals surface area contributed by atoms with E-state index in [1.807, 2.05) is 0 Å². The first-order chi connectivity index (χ1) is 10.1. The second-order valence-corrected chi connectivity index (χ2v) is 5.50. The van der Waals surface area contributed by atoms with Crippen LogP contribution in [0.1, 0.15) is 10.6 Å². The third kappa shape index (κ3) is 3.01. The maximum absolute atomic E-state index is 11.7. The first-order valence-corrected chi connectivity index (χ1v) is 7.10. The molecule has 2 aromatic heterocycles. The number of phenolic OH excluding ortho intramolecular Hbond substituents is 1. The highest BCUT2D eigenvalue weighted by Crippen LogP contribution is 2.28. The lowest BCUT2D eigenvalue weighted by molar-refractivity contribution is 0.0950. The molecule has 0 aliphatic rings. The summed E-state index contributed by atoms with van der Waals surface area (Å²) >= 11 is 6.37. The van der Waals surface area contributed by atoms with Gasteiger partial charge < -0.3 is 14.8 Å². The lowest BCUT2D eigenvalue weighted by atomic mass is 10.3. The van der Waals surface area contributed by atoms with Gasteiger partial charge in [0, 0.05) is 0 Å². The summed E-state index contributed by atoms with van der Waals surface area (Å²) in [5.74, 6) is -0.0870. The molecule has 0 spiro atoms. The number of fused-ring (bicyclic) bond motifs is 1. The average Bonchev–Trinajstić information content (AvgIpc) is 3.06. The van der Waals surface area contributed by atoms with Crippen LogP contribution in [-0.4, -0.2) is 21.1 Å². The van der Waals surface area contributed by atoms with E-state index in [4.69, 9.17) is 16.6 Å². The fraction of sp³-hybridized carbons (Fsp3) is 0. The maximum Gasteiger partial charge on any atom is 0.293 e. The van der Waals surface area contributed by atoms with Crippen LogP contribution in [0, 0.1) is 0 Å². The van der Waals surface area contributed by atoms with Crippen molar-refractivity contribution < 1.29 is 14.3 Å². The van der Waals surface area contributed by atoms with E-state index in [0.29, 0.717) is 5.13 Å². The van der Waals surface area contributed by atoms with Gasteiger partial charge in [0.05, 0.1) is 16.5 Å². The normalized spacial score (nSPS) is 10.5. The van der Waals surface area contributed by atoms with Crippen LogP contribution in [0.2, 0.25) is 0 Å². The summed E-state index contributed by atoms with van der Waals surface area (Å²) in [6.45, 7) is 0. The molecule has 0 unspecified atom stereocenters. The largest absolute Gasteiger partial charge is 0.508 e. The minimum absolute atomic E-state index is 0.125. The highest BCUT2D eigenvalue weighted by molar-refractivity contribution is 7.80. The first-order valence-electron chi connectivity index (χ1n) is 5.87. The van der Waals surface area contributed by atoms with Gasteiger partial charge in [-0.2, -0.15) is 0 Å². The van der Waals surface area contributed by atoms with E-state index < -0.39 is 5.91 Å². The first kappa shape index (κ1) is 13.5. The number of carbonyl (C=O) groups is 1. The zero-order valence-corrected chi connectivity index (χ0v) is 12.1. The molecule has 0 atom stereocenters. The number of benzene rings is 1. The Morgan fingerprint density at radius 2 is 2.24 bits per heavy atom. The predicted molar refractivity (Wildman–Crippen MR) is 83.7 cm³/mol. The van der Waals surface area contributed by atoms with Crippen LogP contribution in [-0.2, 0) is 0 Å². The Balaban J connectivity index is 1.70. The number of hydrogen-bond donors (Lipinski definition) is 3. The minimum Gasteiger partial charge on any atom is -0.508 e. The van der Waals surface area contributed by atoms with Crippen LogP contribution in [0.4, 0.5) is 5.13 Å². The lowest BCUT2D eigenvalue weighted by Gasteiger charge is -2.04. The monoisotopic (exact) mass is 319 g/mol. The molecule has 6 nitrogen and oxygen atoms in total. The predicted octanol–water partition coefficient (Wildman–Crippen LogP) is 2.72. The van der Waals surface area contributed by atoms with Crippen molar-refractivity contribution in [1.82, 2.24) is 10.3 Å². The molecule has 3 aromatic rings. The quantitative estimate of drug-likeness (QED) is 0.630. The van der Waals surface area contributed by atoms with Crippen LogP contribution in [0.5, 0.6) is 5.75 Å². The van der Waals surface area contributed by atoms with Crippen molar-refractivity contribution in [2.45, 2.75) is 0 Å². The van der Waals surface area contributed by atoms with Crippen molar-refractivity contribution in [2.75, 3.05) is 5.32 Å². The molecule has 1 amide bonds. The van der Waals surface area contributed by atoms with Gasteiger partial charge in [0.2, 0.25) is 0 Å². The van der Waals surface area contributed by atoms with Crippen LogP contribution in [0.3, 0.4) is 0 Å². The molecular weight excluding hydrogens is 310 g/mol. The SMILES string of the molecule is O=C(NC(=S)Nc1nc2ccc(O)cc2s1)c1ccco1. The Kier molecular flexibility index (Phi) is 3.55. The number of carbonyl (C=O) groups excluding carboxylic acids is 1. The average molecular weight is 319 g/mol. The Morgan fingerprint density at radius 3 is 3.00 bits per heavy atom. The number of phenols is 1. The molecule has 0 bridgehead atoms. The summed E-state index contributed by atoms with van der Waals surface area (Å²) in [6, 6.07) is 8.03. The second kappa shape index (κ2) is 5.51. The molecule has 106 valence electrons. The summed E-state index contributed by atoms with van der Waals surface area (Å²) in [5, 5.41) is 15.4. The van der Waals surface area contributed by atoms with Gasteiger partial charge >= 0.3 is 0 Å². The number of thiocarbonyl (C=S) groups is 1. The molecule has 2 heterocycles. The van der Waals surface area contributed by atoms with Gasteiger partial charge in [0.1, 0.15) is 5.75 Å². The van der Waals surface area contributed by atoms with Crippen molar-refractivity contribution in [3.63, 3.8) is 0 Å². The van der Waals surface area contributed by atoms with E-state index in [1.54, 1.807) is 30.3 Å². The molecule has 0 aliphatic heterocycles. The lowest BCUT2D eigenvalue weighted by Crippen LogP contribution is -2.33. The zero-order valence-electron chi connectivity index (χ0n) is 10.5. The Hall–Kier alpha value is -2.45. The molecule has 3 N–H and O–H groups in total. The molecule has 21 heavy (non-hydrogen) atoms. The fourth-order valence-electron chi connectivity index (χ4n) is 1.67. The third-order valence-corrected chi connectivity index (χ3v) is 3.70. The molecule has 3 rings (SSSR count). The second-order valence-electron chi connectivity index (χ2n) is 4.06. The van der Waals surface area contributed by atoms with Gasteiger partial charge in [-0.1, -0.05) is 11.3 Å². The molecule has 0 radical (unpaired) electrons. The molecular formula is C13H9N3O3S2. The maximum atomic E-state index is 11.7. The van der Waals surface area contributed by atoms with E-state index in [1.165, 1.54) is 17.6 Å². The van der Waals surface area contributed by atoms with Crippen molar-refractivity contribution in [3.05, 3.63) is 42.4 Å². The summed E-state index contributed by atoms with van der Waals surface area (Å²) in [4.78, 5) is 16.0. The van der Waals surface area contributed by atoms with E-state index in [9.17, 15) is 9.90 Å². The number of aromatic hydroxyl groups is 1. The highest BCUT2D eigenvalue weighted by Gasteiger charge is 2.12. The Bertz CT molecular complexity index is 811. The number of hydrogen-bond acceptors (Lipinski definition) is 6. The van der Waals surface area contributed by atoms with Gasteiger partial charge in [0.15, 0.2) is 16.0 Å². The van der Waals surface area contributed by atoms with Gasteiger partial charge in [-0.15, -0.1) is 0 Å². The number of nitrogens with zero attached hydrogens (tertiary/aromatic N) is 1. The van der Waals surface area contributed by atoms with Gasteiger partial charge in [-0.3, -0.25) is 10.1 Å². The van der Waals surface area contributed by atoms with Crippen molar-refractivity contribution >= 4 is 49.9 Å². The van der Waals surface area contributed by atoms with Gasteiger partial charge in [-0.25, -0.2) is 4.98 Å². The molecule has 0 saturated carbocycles. The van der Waals surface area contributed by atoms with Crippen LogP contribution < -0.4 is 10.6 Å². The standard InChI is InChI=1S/C13H9N3O3S2/c17-7-3-4-8-10(6-7)21-13(14-8)16-12(20)15-11(18)9-2-1-5-19-9/h1-6,17H,(H2,14,15,16,18,20). The Labute approximate surface area is 128 Å². The molecule has 0 saturated heterocycles.